The number of rotatable bonds is 6. The Kier molecular flexibility index (Phi) is 5.53. The number of hydrogen-bond acceptors (Lipinski definition) is 3. The minimum Gasteiger partial charge on any atom is -0.343 e. The molecule has 1 aromatic heterocycles. The second kappa shape index (κ2) is 7.81. The Bertz CT molecular complexity index is 583. The summed E-state index contributed by atoms with van der Waals surface area (Å²) in [6.45, 7) is 5.19. The molecule has 2 aliphatic heterocycles. The quantitative estimate of drug-likeness (QED) is 0.800. The fraction of sp³-hybridized carbons (Fsp3) is 0.722. The maximum Gasteiger partial charge on any atom is 0.224 e. The summed E-state index contributed by atoms with van der Waals surface area (Å²) >= 11 is 0. The summed E-state index contributed by atoms with van der Waals surface area (Å²) < 4.78 is 1.84. The molecule has 1 atom stereocenters. The zero-order valence-electron chi connectivity index (χ0n) is 14.6. The van der Waals surface area contributed by atoms with Crippen LogP contribution in [-0.2, 0) is 16.1 Å². The molecule has 3 rings (SSSR count). The summed E-state index contributed by atoms with van der Waals surface area (Å²) in [5.74, 6) is 0.498. The third-order valence-electron chi connectivity index (χ3n) is 5.17. The van der Waals surface area contributed by atoms with Gasteiger partial charge in [0, 0.05) is 51.3 Å². The van der Waals surface area contributed by atoms with Crippen LogP contribution in [0.3, 0.4) is 0 Å². The zero-order chi connectivity index (χ0) is 16.9. The highest BCUT2D eigenvalue weighted by atomic mass is 16.2. The normalized spacial score (nSPS) is 21.5. The molecule has 0 N–H and O–H groups in total. The molecule has 0 spiro atoms. The third-order valence-corrected chi connectivity index (χ3v) is 5.17. The molecule has 0 radical (unpaired) electrons. The molecule has 2 saturated heterocycles. The fourth-order valence-corrected chi connectivity index (χ4v) is 3.82. The SMILES string of the molecule is Cc1cnn(CCC(=O)N2CCCC[C@@H]2CCN2CCCC2=O)c1. The van der Waals surface area contributed by atoms with Gasteiger partial charge in [-0.25, -0.2) is 0 Å². The molecule has 0 aliphatic carbocycles. The summed E-state index contributed by atoms with van der Waals surface area (Å²) in [7, 11) is 0. The zero-order valence-corrected chi connectivity index (χ0v) is 14.6. The highest BCUT2D eigenvalue weighted by molar-refractivity contribution is 5.78. The number of carbonyl (C=O) groups is 2. The Labute approximate surface area is 143 Å². The second-order valence-electron chi connectivity index (χ2n) is 7.04. The van der Waals surface area contributed by atoms with E-state index in [1.807, 2.05) is 28.9 Å². The predicted octanol–water partition coefficient (Wildman–Crippen LogP) is 1.98. The minimum absolute atomic E-state index is 0.223. The first kappa shape index (κ1) is 17.0. The first-order chi connectivity index (χ1) is 11.6. The van der Waals surface area contributed by atoms with Crippen molar-refractivity contribution in [1.29, 1.82) is 0 Å². The molecule has 1 aromatic rings. The molecule has 2 fully saturated rings. The molecule has 6 nitrogen and oxygen atoms in total. The molecule has 0 bridgehead atoms. The van der Waals surface area contributed by atoms with Gasteiger partial charge in [-0.2, -0.15) is 5.10 Å². The number of aryl methyl sites for hydroxylation is 2. The van der Waals surface area contributed by atoms with Crippen LogP contribution >= 0.6 is 0 Å². The smallest absolute Gasteiger partial charge is 0.224 e. The van der Waals surface area contributed by atoms with Gasteiger partial charge in [0.05, 0.1) is 6.20 Å². The number of aromatic nitrogens is 2. The van der Waals surface area contributed by atoms with Gasteiger partial charge >= 0.3 is 0 Å². The fourth-order valence-electron chi connectivity index (χ4n) is 3.82. The Morgan fingerprint density at radius 3 is 2.83 bits per heavy atom. The molecule has 3 heterocycles. The standard InChI is InChI=1S/C18H28N4O2/c1-15-13-19-21(14-15)12-8-18(24)22-10-3-2-5-16(22)7-11-20-9-4-6-17(20)23/h13-14,16H,2-12H2,1H3/t16-/m1/s1. The summed E-state index contributed by atoms with van der Waals surface area (Å²) in [6.07, 6.45) is 10.2. The van der Waals surface area contributed by atoms with E-state index in [2.05, 4.69) is 10.00 Å². The van der Waals surface area contributed by atoms with Crippen LogP contribution in [0.25, 0.3) is 0 Å². The van der Waals surface area contributed by atoms with Crippen molar-refractivity contribution in [1.82, 2.24) is 19.6 Å². The van der Waals surface area contributed by atoms with E-state index >= 15 is 0 Å². The van der Waals surface area contributed by atoms with E-state index in [9.17, 15) is 9.59 Å². The van der Waals surface area contributed by atoms with E-state index in [1.165, 1.54) is 6.42 Å². The molecule has 0 unspecified atom stereocenters. The number of carbonyl (C=O) groups excluding carboxylic acids is 2. The monoisotopic (exact) mass is 332 g/mol. The molecular formula is C18H28N4O2. The molecule has 2 aliphatic rings. The first-order valence-corrected chi connectivity index (χ1v) is 9.20. The van der Waals surface area contributed by atoms with Crippen LogP contribution in [0, 0.1) is 6.92 Å². The van der Waals surface area contributed by atoms with Crippen molar-refractivity contribution in [3.05, 3.63) is 18.0 Å². The highest BCUT2D eigenvalue weighted by Gasteiger charge is 2.28. The number of piperidine rings is 1. The second-order valence-corrected chi connectivity index (χ2v) is 7.04. The summed E-state index contributed by atoms with van der Waals surface area (Å²) in [5.41, 5.74) is 1.12. The molecule has 6 heteroatoms. The molecule has 0 aromatic carbocycles. The van der Waals surface area contributed by atoms with E-state index in [0.717, 1.165) is 50.9 Å². The number of hydrogen-bond donors (Lipinski definition) is 0. The molecular weight excluding hydrogens is 304 g/mol. The number of nitrogens with zero attached hydrogens (tertiary/aromatic N) is 4. The van der Waals surface area contributed by atoms with Crippen molar-refractivity contribution in [2.24, 2.45) is 0 Å². The number of amides is 2. The van der Waals surface area contributed by atoms with Crippen LogP contribution in [0.5, 0.6) is 0 Å². The van der Waals surface area contributed by atoms with Gasteiger partial charge in [0.2, 0.25) is 11.8 Å². The van der Waals surface area contributed by atoms with Gasteiger partial charge in [0.15, 0.2) is 0 Å². The van der Waals surface area contributed by atoms with Gasteiger partial charge in [-0.3, -0.25) is 14.3 Å². The van der Waals surface area contributed by atoms with Gasteiger partial charge < -0.3 is 9.80 Å². The van der Waals surface area contributed by atoms with Crippen LogP contribution in [0.2, 0.25) is 0 Å². The summed E-state index contributed by atoms with van der Waals surface area (Å²) in [6, 6.07) is 0.291. The highest BCUT2D eigenvalue weighted by Crippen LogP contribution is 2.22. The van der Waals surface area contributed by atoms with Crippen molar-refractivity contribution in [2.75, 3.05) is 19.6 Å². The van der Waals surface area contributed by atoms with Gasteiger partial charge in [-0.1, -0.05) is 0 Å². The number of likely N-dealkylation sites (tertiary alicyclic amines) is 2. The van der Waals surface area contributed by atoms with Gasteiger partial charge in [0.25, 0.3) is 0 Å². The Morgan fingerprint density at radius 2 is 2.12 bits per heavy atom. The van der Waals surface area contributed by atoms with Crippen LogP contribution in [0.4, 0.5) is 0 Å². The van der Waals surface area contributed by atoms with E-state index < -0.39 is 0 Å². The van der Waals surface area contributed by atoms with Crippen LogP contribution in [0.1, 0.15) is 50.5 Å². The Morgan fingerprint density at radius 1 is 1.25 bits per heavy atom. The average Bonchev–Trinajstić information content (AvgIpc) is 3.19. The molecule has 24 heavy (non-hydrogen) atoms. The van der Waals surface area contributed by atoms with Crippen molar-refractivity contribution in [3.63, 3.8) is 0 Å². The van der Waals surface area contributed by atoms with E-state index in [1.54, 1.807) is 0 Å². The Hall–Kier alpha value is -1.85. The van der Waals surface area contributed by atoms with Gasteiger partial charge in [-0.05, 0) is 44.6 Å². The average molecular weight is 332 g/mol. The molecule has 0 saturated carbocycles. The third kappa shape index (κ3) is 4.16. The maximum absolute atomic E-state index is 12.7. The Balaban J connectivity index is 1.51. The van der Waals surface area contributed by atoms with Crippen LogP contribution in [0.15, 0.2) is 12.4 Å². The lowest BCUT2D eigenvalue weighted by Crippen LogP contribution is -2.45. The van der Waals surface area contributed by atoms with Gasteiger partial charge in [-0.15, -0.1) is 0 Å². The van der Waals surface area contributed by atoms with Crippen molar-refractivity contribution >= 4 is 11.8 Å². The lowest BCUT2D eigenvalue weighted by atomic mass is 9.98. The van der Waals surface area contributed by atoms with Crippen molar-refractivity contribution in [3.8, 4) is 0 Å². The molecule has 2 amide bonds. The molecule has 132 valence electrons. The first-order valence-electron chi connectivity index (χ1n) is 9.20. The van der Waals surface area contributed by atoms with Crippen molar-refractivity contribution in [2.45, 2.75) is 64.5 Å². The minimum atomic E-state index is 0.223. The maximum atomic E-state index is 12.7. The van der Waals surface area contributed by atoms with E-state index in [-0.39, 0.29) is 11.8 Å². The van der Waals surface area contributed by atoms with Gasteiger partial charge in [0.1, 0.15) is 0 Å². The van der Waals surface area contributed by atoms with E-state index in [0.29, 0.717) is 25.4 Å². The van der Waals surface area contributed by atoms with Crippen molar-refractivity contribution < 1.29 is 9.59 Å². The van der Waals surface area contributed by atoms with Crippen LogP contribution < -0.4 is 0 Å². The topological polar surface area (TPSA) is 58.4 Å². The van der Waals surface area contributed by atoms with E-state index in [4.69, 9.17) is 0 Å². The largest absolute Gasteiger partial charge is 0.343 e. The predicted molar refractivity (Wildman–Crippen MR) is 91.4 cm³/mol. The summed E-state index contributed by atoms with van der Waals surface area (Å²) in [5, 5.41) is 4.25. The lowest BCUT2D eigenvalue weighted by Gasteiger charge is -2.36. The lowest BCUT2D eigenvalue weighted by molar-refractivity contribution is -0.135. The van der Waals surface area contributed by atoms with Crippen LogP contribution in [-0.4, -0.2) is 57.1 Å². The summed E-state index contributed by atoms with van der Waals surface area (Å²) in [4.78, 5) is 28.4.